The highest BCUT2D eigenvalue weighted by Crippen LogP contribution is 2.25. The number of nitrogens with zero attached hydrogens (tertiary/aromatic N) is 1. The van der Waals surface area contributed by atoms with E-state index in [0.717, 1.165) is 24.9 Å². The first-order chi connectivity index (χ1) is 9.51. The van der Waals surface area contributed by atoms with Gasteiger partial charge in [-0.05, 0) is 42.0 Å². The minimum Gasteiger partial charge on any atom is -0.508 e. The van der Waals surface area contributed by atoms with Gasteiger partial charge in [0, 0.05) is 19.6 Å². The van der Waals surface area contributed by atoms with E-state index in [0.29, 0.717) is 19.0 Å². The second-order valence-electron chi connectivity index (χ2n) is 6.02. The average Bonchev–Trinajstić information content (AvgIpc) is 2.43. The van der Waals surface area contributed by atoms with Gasteiger partial charge in [0.05, 0.1) is 5.92 Å². The molecule has 4 nitrogen and oxygen atoms in total. The van der Waals surface area contributed by atoms with Crippen molar-refractivity contribution in [3.63, 3.8) is 0 Å². The van der Waals surface area contributed by atoms with Crippen LogP contribution in [0.2, 0.25) is 0 Å². The third-order valence-electron chi connectivity index (χ3n) is 3.90. The van der Waals surface area contributed by atoms with Gasteiger partial charge >= 0.3 is 0 Å². The van der Waals surface area contributed by atoms with Crippen LogP contribution in [0.5, 0.6) is 5.75 Å². The number of phenolic OH excluding ortho intramolecular Hbond substituents is 1. The Morgan fingerprint density at radius 2 is 2.15 bits per heavy atom. The van der Waals surface area contributed by atoms with Gasteiger partial charge in [0.2, 0.25) is 5.91 Å². The monoisotopic (exact) mass is 276 g/mol. The van der Waals surface area contributed by atoms with Gasteiger partial charge < -0.3 is 15.7 Å². The van der Waals surface area contributed by atoms with E-state index in [1.54, 1.807) is 12.1 Å². The van der Waals surface area contributed by atoms with Crippen molar-refractivity contribution in [2.45, 2.75) is 33.2 Å². The minimum atomic E-state index is -0.0890. The smallest absolute Gasteiger partial charge is 0.227 e. The van der Waals surface area contributed by atoms with E-state index in [4.69, 9.17) is 5.73 Å². The van der Waals surface area contributed by atoms with Crippen molar-refractivity contribution in [1.82, 2.24) is 4.90 Å². The Kier molecular flexibility index (Phi) is 4.65. The second-order valence-corrected chi connectivity index (χ2v) is 6.02. The van der Waals surface area contributed by atoms with Crippen molar-refractivity contribution in [3.8, 4) is 5.75 Å². The zero-order valence-electron chi connectivity index (χ0n) is 12.3. The quantitative estimate of drug-likeness (QED) is 0.882. The molecule has 1 atom stereocenters. The van der Waals surface area contributed by atoms with Crippen LogP contribution >= 0.6 is 0 Å². The van der Waals surface area contributed by atoms with Crippen molar-refractivity contribution in [2.75, 3.05) is 13.1 Å². The predicted molar refractivity (Wildman–Crippen MR) is 79.2 cm³/mol. The lowest BCUT2D eigenvalue weighted by Gasteiger charge is -2.32. The summed E-state index contributed by atoms with van der Waals surface area (Å²) >= 11 is 0. The van der Waals surface area contributed by atoms with Crippen LogP contribution in [0.4, 0.5) is 0 Å². The summed E-state index contributed by atoms with van der Waals surface area (Å²) < 4.78 is 0. The number of hydrogen-bond donors (Lipinski definition) is 2. The number of aromatic hydroxyl groups is 1. The fraction of sp³-hybridized carbons (Fsp3) is 0.562. The molecule has 0 aromatic heterocycles. The van der Waals surface area contributed by atoms with Crippen LogP contribution in [0.25, 0.3) is 0 Å². The Balaban J connectivity index is 2.09. The number of nitrogens with two attached hydrogens (primary N) is 1. The summed E-state index contributed by atoms with van der Waals surface area (Å²) in [5.74, 6) is 0.785. The first-order valence-corrected chi connectivity index (χ1v) is 7.31. The highest BCUT2D eigenvalue weighted by molar-refractivity contribution is 5.79. The molecule has 1 aliphatic rings. The van der Waals surface area contributed by atoms with E-state index in [1.807, 2.05) is 11.0 Å². The molecular weight excluding hydrogens is 252 g/mol. The third kappa shape index (κ3) is 3.31. The SMILES string of the molecule is CC(C)CC(CN)C(=O)N1CCc2ccc(O)cc2C1. The fourth-order valence-electron chi connectivity index (χ4n) is 2.86. The third-order valence-corrected chi connectivity index (χ3v) is 3.90. The number of rotatable bonds is 4. The number of hydrogen-bond acceptors (Lipinski definition) is 3. The number of carbonyl (C=O) groups excluding carboxylic acids is 1. The highest BCUT2D eigenvalue weighted by Gasteiger charge is 2.27. The highest BCUT2D eigenvalue weighted by atomic mass is 16.3. The minimum absolute atomic E-state index is 0.0890. The molecule has 20 heavy (non-hydrogen) atoms. The largest absolute Gasteiger partial charge is 0.508 e. The molecule has 1 amide bonds. The fourth-order valence-corrected chi connectivity index (χ4v) is 2.86. The molecule has 0 radical (unpaired) electrons. The molecule has 110 valence electrons. The molecule has 1 heterocycles. The van der Waals surface area contributed by atoms with Gasteiger partial charge in [-0.1, -0.05) is 19.9 Å². The number of fused-ring (bicyclic) bond motifs is 1. The molecule has 0 aliphatic carbocycles. The Bertz CT molecular complexity index is 485. The van der Waals surface area contributed by atoms with E-state index in [9.17, 15) is 9.90 Å². The maximum absolute atomic E-state index is 12.5. The van der Waals surface area contributed by atoms with Gasteiger partial charge in [-0.3, -0.25) is 4.79 Å². The summed E-state index contributed by atoms with van der Waals surface area (Å²) in [5.41, 5.74) is 8.03. The molecule has 1 unspecified atom stereocenters. The van der Waals surface area contributed by atoms with Crippen LogP contribution in [0.15, 0.2) is 18.2 Å². The molecule has 3 N–H and O–H groups in total. The number of benzene rings is 1. The van der Waals surface area contributed by atoms with Gasteiger partial charge in [0.1, 0.15) is 5.75 Å². The first kappa shape index (κ1) is 14.9. The average molecular weight is 276 g/mol. The zero-order chi connectivity index (χ0) is 14.7. The maximum Gasteiger partial charge on any atom is 0.227 e. The molecule has 1 aromatic carbocycles. The Morgan fingerprint density at radius 1 is 1.40 bits per heavy atom. The Hall–Kier alpha value is -1.55. The lowest BCUT2D eigenvalue weighted by molar-refractivity contribution is -0.136. The van der Waals surface area contributed by atoms with Crippen molar-refractivity contribution >= 4 is 5.91 Å². The van der Waals surface area contributed by atoms with Gasteiger partial charge in [0.25, 0.3) is 0 Å². The second kappa shape index (κ2) is 6.27. The lowest BCUT2D eigenvalue weighted by Crippen LogP contribution is -2.42. The molecule has 4 heteroatoms. The maximum atomic E-state index is 12.5. The van der Waals surface area contributed by atoms with Gasteiger partial charge in [-0.15, -0.1) is 0 Å². The van der Waals surface area contributed by atoms with Gasteiger partial charge in [-0.25, -0.2) is 0 Å². The standard InChI is InChI=1S/C16H24N2O2/c1-11(2)7-13(9-17)16(20)18-6-5-12-3-4-15(19)8-14(12)10-18/h3-4,8,11,13,19H,5-7,9-10,17H2,1-2H3. The van der Waals surface area contributed by atoms with E-state index in [1.165, 1.54) is 5.56 Å². The van der Waals surface area contributed by atoms with Crippen LogP contribution in [0.1, 0.15) is 31.4 Å². The van der Waals surface area contributed by atoms with E-state index >= 15 is 0 Å². The van der Waals surface area contributed by atoms with Crippen LogP contribution in [0.3, 0.4) is 0 Å². The molecule has 0 bridgehead atoms. The van der Waals surface area contributed by atoms with Crippen LogP contribution in [0, 0.1) is 11.8 Å². The molecule has 0 saturated carbocycles. The van der Waals surface area contributed by atoms with Crippen molar-refractivity contribution in [1.29, 1.82) is 0 Å². The van der Waals surface area contributed by atoms with Gasteiger partial charge in [0.15, 0.2) is 0 Å². The summed E-state index contributed by atoms with van der Waals surface area (Å²) in [4.78, 5) is 14.4. The molecule has 2 rings (SSSR count). The summed E-state index contributed by atoms with van der Waals surface area (Å²) in [7, 11) is 0. The molecule has 0 saturated heterocycles. The predicted octanol–water partition coefficient (Wildman–Crippen LogP) is 1.90. The van der Waals surface area contributed by atoms with Crippen molar-refractivity contribution in [2.24, 2.45) is 17.6 Å². The lowest BCUT2D eigenvalue weighted by atomic mass is 9.93. The molecule has 1 aromatic rings. The molecular formula is C16H24N2O2. The summed E-state index contributed by atoms with van der Waals surface area (Å²) in [6.45, 7) is 5.95. The van der Waals surface area contributed by atoms with Gasteiger partial charge in [-0.2, -0.15) is 0 Å². The van der Waals surface area contributed by atoms with Crippen molar-refractivity contribution < 1.29 is 9.90 Å². The number of amides is 1. The van der Waals surface area contributed by atoms with Crippen LogP contribution in [-0.2, 0) is 17.8 Å². The Morgan fingerprint density at radius 3 is 2.80 bits per heavy atom. The van der Waals surface area contributed by atoms with Crippen LogP contribution in [-0.4, -0.2) is 29.0 Å². The van der Waals surface area contributed by atoms with E-state index < -0.39 is 0 Å². The van der Waals surface area contributed by atoms with Crippen molar-refractivity contribution in [3.05, 3.63) is 29.3 Å². The molecule has 0 spiro atoms. The first-order valence-electron chi connectivity index (χ1n) is 7.31. The number of phenols is 1. The summed E-state index contributed by atoms with van der Waals surface area (Å²) in [6.07, 6.45) is 1.68. The van der Waals surface area contributed by atoms with Crippen LogP contribution < -0.4 is 5.73 Å². The molecule has 0 fully saturated rings. The zero-order valence-corrected chi connectivity index (χ0v) is 12.3. The summed E-state index contributed by atoms with van der Waals surface area (Å²) in [6, 6.07) is 5.41. The normalized spacial score (nSPS) is 16.1. The summed E-state index contributed by atoms with van der Waals surface area (Å²) in [5, 5.41) is 9.56. The molecule has 1 aliphatic heterocycles. The van der Waals surface area contributed by atoms with E-state index in [2.05, 4.69) is 13.8 Å². The topological polar surface area (TPSA) is 66.6 Å². The van der Waals surface area contributed by atoms with E-state index in [-0.39, 0.29) is 17.6 Å². The number of carbonyl (C=O) groups is 1. The Labute approximate surface area is 120 Å².